The molecule has 6 heteroatoms. The summed E-state index contributed by atoms with van der Waals surface area (Å²) in [4.78, 5) is 23.5. The van der Waals surface area contributed by atoms with E-state index in [9.17, 15) is 14.0 Å². The van der Waals surface area contributed by atoms with Crippen LogP contribution < -0.4 is 4.74 Å². The van der Waals surface area contributed by atoms with E-state index in [0.29, 0.717) is 5.75 Å². The number of benzene rings is 1. The van der Waals surface area contributed by atoms with Crippen molar-refractivity contribution in [3.8, 4) is 5.75 Å². The molecule has 104 valence electrons. The third-order valence-corrected chi connectivity index (χ3v) is 2.61. The minimum absolute atomic E-state index is 0.165. The lowest BCUT2D eigenvalue weighted by Gasteiger charge is -2.19. The van der Waals surface area contributed by atoms with Gasteiger partial charge in [-0.2, -0.15) is 0 Å². The van der Waals surface area contributed by atoms with Crippen molar-refractivity contribution in [2.75, 3.05) is 20.2 Å². The molecule has 1 aromatic rings. The highest BCUT2D eigenvalue weighted by Crippen LogP contribution is 2.11. The SMILES string of the molecule is CC(C(=O)O)C(=O)N(C)CCOc1cccc(F)c1. The molecule has 19 heavy (non-hydrogen) atoms. The second-order valence-electron chi connectivity index (χ2n) is 4.13. The average Bonchev–Trinajstić information content (AvgIpc) is 2.36. The summed E-state index contributed by atoms with van der Waals surface area (Å²) in [5, 5.41) is 8.71. The molecular weight excluding hydrogens is 253 g/mol. The Kier molecular flexibility index (Phi) is 5.29. The van der Waals surface area contributed by atoms with Crippen LogP contribution in [0, 0.1) is 11.7 Å². The van der Waals surface area contributed by atoms with E-state index in [-0.39, 0.29) is 13.2 Å². The Labute approximate surface area is 110 Å². The number of hydrogen-bond acceptors (Lipinski definition) is 3. The first-order chi connectivity index (χ1) is 8.91. The van der Waals surface area contributed by atoms with Gasteiger partial charge >= 0.3 is 5.97 Å². The molecule has 1 N–H and O–H groups in total. The maximum absolute atomic E-state index is 12.9. The van der Waals surface area contributed by atoms with Crippen molar-refractivity contribution >= 4 is 11.9 Å². The van der Waals surface area contributed by atoms with Gasteiger partial charge in [0.25, 0.3) is 0 Å². The Morgan fingerprint density at radius 3 is 2.74 bits per heavy atom. The van der Waals surface area contributed by atoms with Gasteiger partial charge in [-0.15, -0.1) is 0 Å². The highest BCUT2D eigenvalue weighted by molar-refractivity contribution is 5.96. The van der Waals surface area contributed by atoms with Crippen LogP contribution in [0.15, 0.2) is 24.3 Å². The number of carbonyl (C=O) groups is 2. The predicted octanol–water partition coefficient (Wildman–Crippen LogP) is 1.38. The minimum atomic E-state index is -1.16. The number of halogens is 1. The molecule has 0 saturated carbocycles. The van der Waals surface area contributed by atoms with Crippen molar-refractivity contribution in [1.29, 1.82) is 0 Å². The highest BCUT2D eigenvalue weighted by atomic mass is 19.1. The van der Waals surface area contributed by atoms with Gasteiger partial charge in [-0.25, -0.2) is 4.39 Å². The standard InChI is InChI=1S/C13H16FNO4/c1-9(13(17)18)12(16)15(2)6-7-19-11-5-3-4-10(14)8-11/h3-5,8-9H,6-7H2,1-2H3,(H,17,18). The Balaban J connectivity index is 2.40. The summed E-state index contributed by atoms with van der Waals surface area (Å²) >= 11 is 0. The van der Waals surface area contributed by atoms with Gasteiger partial charge in [0.05, 0.1) is 6.54 Å². The molecular formula is C13H16FNO4. The zero-order valence-electron chi connectivity index (χ0n) is 10.8. The van der Waals surface area contributed by atoms with Crippen molar-refractivity contribution < 1.29 is 23.8 Å². The lowest BCUT2D eigenvalue weighted by atomic mass is 10.1. The van der Waals surface area contributed by atoms with E-state index in [0.717, 1.165) is 0 Å². The van der Waals surface area contributed by atoms with Gasteiger partial charge < -0.3 is 14.7 Å². The first-order valence-electron chi connectivity index (χ1n) is 5.78. The van der Waals surface area contributed by atoms with Crippen LogP contribution in [0.2, 0.25) is 0 Å². The summed E-state index contributed by atoms with van der Waals surface area (Å²) in [6.45, 7) is 1.72. The first-order valence-corrected chi connectivity index (χ1v) is 5.78. The van der Waals surface area contributed by atoms with Gasteiger partial charge in [-0.1, -0.05) is 6.07 Å². The van der Waals surface area contributed by atoms with Gasteiger partial charge in [0, 0.05) is 13.1 Å². The van der Waals surface area contributed by atoms with E-state index in [1.807, 2.05) is 0 Å². The van der Waals surface area contributed by atoms with E-state index >= 15 is 0 Å². The van der Waals surface area contributed by atoms with Gasteiger partial charge in [-0.05, 0) is 19.1 Å². The molecule has 0 saturated heterocycles. The molecule has 1 amide bonds. The van der Waals surface area contributed by atoms with Crippen LogP contribution in [0.25, 0.3) is 0 Å². The van der Waals surface area contributed by atoms with Crippen LogP contribution in [0.5, 0.6) is 5.75 Å². The topological polar surface area (TPSA) is 66.8 Å². The number of aliphatic carboxylic acids is 1. The Morgan fingerprint density at radius 1 is 1.47 bits per heavy atom. The second kappa shape index (κ2) is 6.72. The van der Waals surface area contributed by atoms with E-state index in [1.54, 1.807) is 6.07 Å². The molecule has 1 unspecified atom stereocenters. The first kappa shape index (κ1) is 14.9. The second-order valence-corrected chi connectivity index (χ2v) is 4.13. The number of hydrogen-bond donors (Lipinski definition) is 1. The number of nitrogens with zero attached hydrogens (tertiary/aromatic N) is 1. The quantitative estimate of drug-likeness (QED) is 0.792. The van der Waals surface area contributed by atoms with Crippen LogP contribution in [-0.2, 0) is 9.59 Å². The van der Waals surface area contributed by atoms with Crippen molar-refractivity contribution in [2.24, 2.45) is 5.92 Å². The van der Waals surface area contributed by atoms with E-state index in [2.05, 4.69) is 0 Å². The number of carboxylic acids is 1. The van der Waals surface area contributed by atoms with Crippen LogP contribution in [0.3, 0.4) is 0 Å². The fraction of sp³-hybridized carbons (Fsp3) is 0.385. The van der Waals surface area contributed by atoms with Crippen molar-refractivity contribution in [3.05, 3.63) is 30.1 Å². The van der Waals surface area contributed by atoms with Gasteiger partial charge in [0.2, 0.25) is 5.91 Å². The van der Waals surface area contributed by atoms with Crippen molar-refractivity contribution in [3.63, 3.8) is 0 Å². The summed E-state index contributed by atoms with van der Waals surface area (Å²) in [5.41, 5.74) is 0. The Bertz CT molecular complexity index is 464. The fourth-order valence-electron chi connectivity index (χ4n) is 1.40. The number of ether oxygens (including phenoxy) is 1. The number of likely N-dealkylation sites (N-methyl/N-ethyl adjacent to an activating group) is 1. The fourth-order valence-corrected chi connectivity index (χ4v) is 1.40. The van der Waals surface area contributed by atoms with Gasteiger partial charge in [0.15, 0.2) is 0 Å². The van der Waals surface area contributed by atoms with Crippen molar-refractivity contribution in [2.45, 2.75) is 6.92 Å². The summed E-state index contributed by atoms with van der Waals surface area (Å²) in [6, 6.07) is 5.66. The molecule has 0 aliphatic heterocycles. The Morgan fingerprint density at radius 2 is 2.16 bits per heavy atom. The summed E-state index contributed by atoms with van der Waals surface area (Å²) in [5.74, 6) is -2.77. The van der Waals surface area contributed by atoms with Gasteiger partial charge in [0.1, 0.15) is 24.1 Å². The third-order valence-electron chi connectivity index (χ3n) is 2.61. The minimum Gasteiger partial charge on any atom is -0.492 e. The average molecular weight is 269 g/mol. The molecule has 0 fully saturated rings. The molecule has 0 spiro atoms. The van der Waals surface area contributed by atoms with E-state index in [4.69, 9.17) is 9.84 Å². The molecule has 0 heterocycles. The number of rotatable bonds is 6. The van der Waals surface area contributed by atoms with Crippen LogP contribution in [0.1, 0.15) is 6.92 Å². The molecule has 0 aliphatic rings. The summed E-state index contributed by atoms with van der Waals surface area (Å²) in [7, 11) is 1.50. The zero-order chi connectivity index (χ0) is 14.4. The summed E-state index contributed by atoms with van der Waals surface area (Å²) < 4.78 is 18.1. The lowest BCUT2D eigenvalue weighted by molar-refractivity contribution is -0.149. The number of amides is 1. The monoisotopic (exact) mass is 269 g/mol. The van der Waals surface area contributed by atoms with Crippen LogP contribution in [0.4, 0.5) is 4.39 Å². The maximum Gasteiger partial charge on any atom is 0.315 e. The maximum atomic E-state index is 12.9. The van der Waals surface area contributed by atoms with Crippen LogP contribution in [-0.4, -0.2) is 42.1 Å². The van der Waals surface area contributed by atoms with Crippen LogP contribution >= 0.6 is 0 Å². The molecule has 0 aromatic heterocycles. The molecule has 0 bridgehead atoms. The third kappa shape index (κ3) is 4.57. The molecule has 1 rings (SSSR count). The molecule has 1 atom stereocenters. The highest BCUT2D eigenvalue weighted by Gasteiger charge is 2.23. The molecule has 1 aromatic carbocycles. The van der Waals surface area contributed by atoms with E-state index in [1.165, 1.54) is 37.1 Å². The Hall–Kier alpha value is -2.11. The predicted molar refractivity (Wildman–Crippen MR) is 66.3 cm³/mol. The number of carbonyl (C=O) groups excluding carboxylic acids is 1. The molecule has 0 radical (unpaired) electrons. The number of carboxylic acid groups (broad SMARTS) is 1. The normalized spacial score (nSPS) is 11.7. The largest absolute Gasteiger partial charge is 0.492 e. The lowest BCUT2D eigenvalue weighted by Crippen LogP contribution is -2.37. The van der Waals surface area contributed by atoms with Gasteiger partial charge in [-0.3, -0.25) is 9.59 Å². The smallest absolute Gasteiger partial charge is 0.315 e. The van der Waals surface area contributed by atoms with Crippen molar-refractivity contribution in [1.82, 2.24) is 4.90 Å². The van der Waals surface area contributed by atoms with E-state index < -0.39 is 23.6 Å². The summed E-state index contributed by atoms with van der Waals surface area (Å²) in [6.07, 6.45) is 0. The molecule has 0 aliphatic carbocycles. The zero-order valence-corrected chi connectivity index (χ0v) is 10.8. The molecule has 5 nitrogen and oxygen atoms in total.